The molecule has 0 aliphatic carbocycles. The van der Waals surface area contributed by atoms with E-state index in [1.165, 1.54) is 18.9 Å². The second-order valence-corrected chi connectivity index (χ2v) is 5.41. The molecule has 1 fully saturated rings. The number of rotatable bonds is 3. The van der Waals surface area contributed by atoms with Gasteiger partial charge in [0, 0.05) is 22.6 Å². The quantitative estimate of drug-likeness (QED) is 0.897. The summed E-state index contributed by atoms with van der Waals surface area (Å²) >= 11 is 3.37. The summed E-state index contributed by atoms with van der Waals surface area (Å²) in [5.74, 6) is -0.132. The standard InChI is InChI=1S/C13H18BrFN2/c14-11-3-4-13(15)10(8-11)9-17-12-2-1-6-16-7-5-12/h3-4,8,12,16-17H,1-2,5-7,9H2. The largest absolute Gasteiger partial charge is 0.317 e. The molecule has 2 rings (SSSR count). The highest BCUT2D eigenvalue weighted by Crippen LogP contribution is 2.16. The van der Waals surface area contributed by atoms with Gasteiger partial charge in [0.05, 0.1) is 0 Å². The van der Waals surface area contributed by atoms with Crippen LogP contribution < -0.4 is 10.6 Å². The van der Waals surface area contributed by atoms with Crippen LogP contribution in [0.5, 0.6) is 0 Å². The molecule has 0 bridgehead atoms. The van der Waals surface area contributed by atoms with Crippen LogP contribution in [0.25, 0.3) is 0 Å². The maximum Gasteiger partial charge on any atom is 0.127 e. The van der Waals surface area contributed by atoms with E-state index in [2.05, 4.69) is 26.6 Å². The fourth-order valence-electron chi connectivity index (χ4n) is 2.16. The van der Waals surface area contributed by atoms with Gasteiger partial charge in [-0.1, -0.05) is 15.9 Å². The van der Waals surface area contributed by atoms with Crippen LogP contribution in [-0.4, -0.2) is 19.1 Å². The molecular weight excluding hydrogens is 283 g/mol. The molecule has 1 aromatic rings. The monoisotopic (exact) mass is 300 g/mol. The zero-order valence-corrected chi connectivity index (χ0v) is 11.4. The fraction of sp³-hybridized carbons (Fsp3) is 0.538. The van der Waals surface area contributed by atoms with Gasteiger partial charge < -0.3 is 10.6 Å². The molecule has 0 spiro atoms. The van der Waals surface area contributed by atoms with E-state index in [-0.39, 0.29) is 5.82 Å². The predicted octanol–water partition coefficient (Wildman–Crippen LogP) is 2.82. The zero-order chi connectivity index (χ0) is 12.1. The molecule has 1 atom stereocenters. The summed E-state index contributed by atoms with van der Waals surface area (Å²) in [5.41, 5.74) is 0.733. The fourth-order valence-corrected chi connectivity index (χ4v) is 2.56. The highest BCUT2D eigenvalue weighted by atomic mass is 79.9. The van der Waals surface area contributed by atoms with Crippen molar-refractivity contribution in [1.29, 1.82) is 0 Å². The van der Waals surface area contributed by atoms with Gasteiger partial charge in [-0.05, 0) is 50.6 Å². The average Bonchev–Trinajstić information content (AvgIpc) is 2.59. The van der Waals surface area contributed by atoms with E-state index in [0.29, 0.717) is 12.6 Å². The van der Waals surface area contributed by atoms with Gasteiger partial charge in [0.25, 0.3) is 0 Å². The smallest absolute Gasteiger partial charge is 0.127 e. The minimum Gasteiger partial charge on any atom is -0.317 e. The highest BCUT2D eigenvalue weighted by Gasteiger charge is 2.12. The Kier molecular flexibility index (Phi) is 4.95. The van der Waals surface area contributed by atoms with Crippen LogP contribution in [0.15, 0.2) is 22.7 Å². The first kappa shape index (κ1) is 13.0. The summed E-state index contributed by atoms with van der Waals surface area (Å²) in [4.78, 5) is 0. The molecule has 0 amide bonds. The number of halogens is 2. The lowest BCUT2D eigenvalue weighted by atomic mass is 10.1. The van der Waals surface area contributed by atoms with Crippen molar-refractivity contribution in [2.24, 2.45) is 0 Å². The number of benzene rings is 1. The van der Waals surface area contributed by atoms with Crippen molar-refractivity contribution >= 4 is 15.9 Å². The second kappa shape index (κ2) is 6.47. The van der Waals surface area contributed by atoms with Gasteiger partial charge >= 0.3 is 0 Å². The Labute approximate surface area is 110 Å². The molecule has 0 saturated carbocycles. The summed E-state index contributed by atoms with van der Waals surface area (Å²) < 4.78 is 14.5. The summed E-state index contributed by atoms with van der Waals surface area (Å²) in [6.45, 7) is 2.76. The Morgan fingerprint density at radius 2 is 2.24 bits per heavy atom. The molecule has 1 aliphatic heterocycles. The van der Waals surface area contributed by atoms with Crippen molar-refractivity contribution in [3.63, 3.8) is 0 Å². The molecule has 1 heterocycles. The third-order valence-electron chi connectivity index (χ3n) is 3.16. The van der Waals surface area contributed by atoms with Gasteiger partial charge in [-0.15, -0.1) is 0 Å². The van der Waals surface area contributed by atoms with E-state index in [9.17, 15) is 4.39 Å². The molecular formula is C13H18BrFN2. The van der Waals surface area contributed by atoms with Crippen LogP contribution in [0.3, 0.4) is 0 Å². The van der Waals surface area contributed by atoms with Gasteiger partial charge in [-0.3, -0.25) is 0 Å². The van der Waals surface area contributed by atoms with E-state index >= 15 is 0 Å². The molecule has 94 valence electrons. The van der Waals surface area contributed by atoms with Gasteiger partial charge in [-0.25, -0.2) is 4.39 Å². The van der Waals surface area contributed by atoms with E-state index < -0.39 is 0 Å². The van der Waals surface area contributed by atoms with E-state index in [1.807, 2.05) is 6.07 Å². The lowest BCUT2D eigenvalue weighted by Gasteiger charge is -2.16. The van der Waals surface area contributed by atoms with Gasteiger partial charge in [0.15, 0.2) is 0 Å². The van der Waals surface area contributed by atoms with Crippen LogP contribution in [-0.2, 0) is 6.54 Å². The van der Waals surface area contributed by atoms with Crippen molar-refractivity contribution in [2.75, 3.05) is 13.1 Å². The van der Waals surface area contributed by atoms with E-state index in [4.69, 9.17) is 0 Å². The average molecular weight is 301 g/mol. The first-order valence-corrected chi connectivity index (χ1v) is 6.93. The van der Waals surface area contributed by atoms with Crippen molar-refractivity contribution in [3.8, 4) is 0 Å². The highest BCUT2D eigenvalue weighted by molar-refractivity contribution is 9.10. The van der Waals surface area contributed by atoms with Crippen LogP contribution >= 0.6 is 15.9 Å². The van der Waals surface area contributed by atoms with Crippen molar-refractivity contribution in [2.45, 2.75) is 31.8 Å². The van der Waals surface area contributed by atoms with E-state index in [0.717, 1.165) is 29.5 Å². The summed E-state index contributed by atoms with van der Waals surface area (Å²) in [6, 6.07) is 5.59. The molecule has 1 aliphatic rings. The molecule has 0 radical (unpaired) electrons. The van der Waals surface area contributed by atoms with Crippen LogP contribution in [0.1, 0.15) is 24.8 Å². The first-order valence-electron chi connectivity index (χ1n) is 6.14. The third-order valence-corrected chi connectivity index (χ3v) is 3.66. The SMILES string of the molecule is Fc1ccc(Br)cc1CNC1CCCNCC1. The lowest BCUT2D eigenvalue weighted by molar-refractivity contribution is 0.461. The molecule has 1 aromatic carbocycles. The normalized spacial score (nSPS) is 21.2. The third kappa shape index (κ3) is 4.05. The van der Waals surface area contributed by atoms with Crippen LogP contribution in [0, 0.1) is 5.82 Å². The Bertz CT molecular complexity index is 362. The Morgan fingerprint density at radius 1 is 1.35 bits per heavy atom. The molecule has 17 heavy (non-hydrogen) atoms. The van der Waals surface area contributed by atoms with E-state index in [1.54, 1.807) is 6.07 Å². The van der Waals surface area contributed by atoms with Gasteiger partial charge in [-0.2, -0.15) is 0 Å². The minimum atomic E-state index is -0.132. The number of nitrogens with one attached hydrogen (secondary N) is 2. The van der Waals surface area contributed by atoms with Crippen molar-refractivity contribution in [3.05, 3.63) is 34.1 Å². The molecule has 1 saturated heterocycles. The molecule has 1 unspecified atom stereocenters. The predicted molar refractivity (Wildman–Crippen MR) is 71.4 cm³/mol. The summed E-state index contributed by atoms with van der Waals surface area (Å²) in [5, 5.41) is 6.82. The molecule has 2 nitrogen and oxygen atoms in total. The van der Waals surface area contributed by atoms with Crippen LogP contribution in [0.4, 0.5) is 4.39 Å². The Balaban J connectivity index is 1.89. The maximum atomic E-state index is 13.5. The lowest BCUT2D eigenvalue weighted by Crippen LogP contribution is -2.29. The van der Waals surface area contributed by atoms with Crippen molar-refractivity contribution < 1.29 is 4.39 Å². The van der Waals surface area contributed by atoms with Crippen molar-refractivity contribution in [1.82, 2.24) is 10.6 Å². The molecule has 0 aromatic heterocycles. The Morgan fingerprint density at radius 3 is 3.12 bits per heavy atom. The van der Waals surface area contributed by atoms with Crippen LogP contribution in [0.2, 0.25) is 0 Å². The first-order chi connectivity index (χ1) is 8.25. The van der Waals surface area contributed by atoms with Gasteiger partial charge in [0.2, 0.25) is 0 Å². The number of hydrogen-bond acceptors (Lipinski definition) is 2. The molecule has 4 heteroatoms. The Hall–Kier alpha value is -0.450. The van der Waals surface area contributed by atoms with Gasteiger partial charge in [0.1, 0.15) is 5.82 Å². The number of hydrogen-bond donors (Lipinski definition) is 2. The summed E-state index contributed by atoms with van der Waals surface area (Å²) in [6.07, 6.45) is 3.48. The summed E-state index contributed by atoms with van der Waals surface area (Å²) in [7, 11) is 0. The minimum absolute atomic E-state index is 0.132. The topological polar surface area (TPSA) is 24.1 Å². The maximum absolute atomic E-state index is 13.5. The second-order valence-electron chi connectivity index (χ2n) is 4.49. The molecule has 2 N–H and O–H groups in total. The zero-order valence-electron chi connectivity index (χ0n) is 9.81.